The van der Waals surface area contributed by atoms with Crippen molar-refractivity contribution in [2.24, 2.45) is 0 Å². The van der Waals surface area contributed by atoms with Gasteiger partial charge in [-0.15, -0.1) is 0 Å². The van der Waals surface area contributed by atoms with E-state index in [-0.39, 0.29) is 0 Å². The summed E-state index contributed by atoms with van der Waals surface area (Å²) in [4.78, 5) is 11.0. The van der Waals surface area contributed by atoms with Crippen LogP contribution in [0.5, 0.6) is 5.88 Å². The van der Waals surface area contributed by atoms with E-state index in [1.54, 1.807) is 12.4 Å². The minimum atomic E-state index is 0.625. The molecule has 0 unspecified atom stereocenters. The van der Waals surface area contributed by atoms with Crippen LogP contribution in [0.2, 0.25) is 0 Å². The summed E-state index contributed by atoms with van der Waals surface area (Å²) in [5, 5.41) is 3.05. The number of piperidine rings is 1. The van der Waals surface area contributed by atoms with E-state index in [0.717, 1.165) is 18.8 Å². The van der Waals surface area contributed by atoms with Gasteiger partial charge in [0.2, 0.25) is 5.88 Å². The largest absolute Gasteiger partial charge is 0.475 e. The highest BCUT2D eigenvalue weighted by Gasteiger charge is 2.09. The maximum atomic E-state index is 5.65. The second-order valence-electron chi connectivity index (χ2n) is 4.63. The molecule has 0 atom stereocenters. The molecular formula is C13H22N4O. The Labute approximate surface area is 109 Å². The van der Waals surface area contributed by atoms with Gasteiger partial charge >= 0.3 is 0 Å². The highest BCUT2D eigenvalue weighted by Crippen LogP contribution is 2.09. The Bertz CT molecular complexity index is 353. The van der Waals surface area contributed by atoms with Crippen LogP contribution in [0.15, 0.2) is 12.4 Å². The molecule has 0 saturated carbocycles. The van der Waals surface area contributed by atoms with Crippen molar-refractivity contribution in [3.05, 3.63) is 18.1 Å². The SMILES string of the molecule is CNCc1cncc(OCCN2CCCCC2)n1. The number of hydrogen-bond acceptors (Lipinski definition) is 5. The van der Waals surface area contributed by atoms with Crippen LogP contribution < -0.4 is 10.1 Å². The monoisotopic (exact) mass is 250 g/mol. The third-order valence-corrected chi connectivity index (χ3v) is 3.13. The Hall–Kier alpha value is -1.20. The summed E-state index contributed by atoms with van der Waals surface area (Å²) in [6.45, 7) is 4.80. The fraction of sp³-hybridized carbons (Fsp3) is 0.692. The molecule has 2 heterocycles. The maximum absolute atomic E-state index is 5.65. The number of ether oxygens (including phenoxy) is 1. The van der Waals surface area contributed by atoms with E-state index >= 15 is 0 Å². The van der Waals surface area contributed by atoms with E-state index in [2.05, 4.69) is 20.2 Å². The third-order valence-electron chi connectivity index (χ3n) is 3.13. The Morgan fingerprint density at radius 2 is 2.11 bits per heavy atom. The van der Waals surface area contributed by atoms with Crippen LogP contribution in [0.3, 0.4) is 0 Å². The van der Waals surface area contributed by atoms with Gasteiger partial charge < -0.3 is 10.1 Å². The Morgan fingerprint density at radius 1 is 1.28 bits per heavy atom. The average molecular weight is 250 g/mol. The minimum absolute atomic E-state index is 0.625. The predicted molar refractivity (Wildman–Crippen MR) is 70.6 cm³/mol. The number of nitrogens with zero attached hydrogens (tertiary/aromatic N) is 3. The van der Waals surface area contributed by atoms with Crippen LogP contribution >= 0.6 is 0 Å². The van der Waals surface area contributed by atoms with E-state index in [9.17, 15) is 0 Å². The van der Waals surface area contributed by atoms with E-state index in [4.69, 9.17) is 4.74 Å². The summed E-state index contributed by atoms with van der Waals surface area (Å²) < 4.78 is 5.65. The van der Waals surface area contributed by atoms with Crippen molar-refractivity contribution in [3.63, 3.8) is 0 Å². The van der Waals surface area contributed by atoms with Gasteiger partial charge in [-0.05, 0) is 33.0 Å². The molecule has 1 aromatic rings. The fourth-order valence-electron chi connectivity index (χ4n) is 2.18. The van der Waals surface area contributed by atoms with Crippen LogP contribution in [0.4, 0.5) is 0 Å². The first-order chi connectivity index (χ1) is 8.88. The molecule has 1 aliphatic rings. The van der Waals surface area contributed by atoms with Gasteiger partial charge in [-0.3, -0.25) is 9.88 Å². The highest BCUT2D eigenvalue weighted by molar-refractivity contribution is 5.08. The van der Waals surface area contributed by atoms with Gasteiger partial charge in [0, 0.05) is 19.3 Å². The first-order valence-corrected chi connectivity index (χ1v) is 6.69. The summed E-state index contributed by atoms with van der Waals surface area (Å²) in [5.74, 6) is 0.625. The quantitative estimate of drug-likeness (QED) is 0.818. The molecule has 1 aromatic heterocycles. The summed E-state index contributed by atoms with van der Waals surface area (Å²) in [7, 11) is 1.89. The Kier molecular flexibility index (Phi) is 5.36. The summed E-state index contributed by atoms with van der Waals surface area (Å²) in [5.41, 5.74) is 0.910. The van der Waals surface area contributed by atoms with Gasteiger partial charge in [-0.25, -0.2) is 4.98 Å². The molecule has 0 bridgehead atoms. The zero-order valence-corrected chi connectivity index (χ0v) is 11.1. The summed E-state index contributed by atoms with van der Waals surface area (Å²) in [6.07, 6.45) is 7.44. The normalized spacial score (nSPS) is 16.7. The van der Waals surface area contributed by atoms with Gasteiger partial charge in [0.1, 0.15) is 6.61 Å². The molecule has 0 spiro atoms. The van der Waals surface area contributed by atoms with E-state index in [1.807, 2.05) is 7.05 Å². The number of likely N-dealkylation sites (tertiary alicyclic amines) is 1. The molecule has 0 aromatic carbocycles. The lowest BCUT2D eigenvalue weighted by atomic mass is 10.1. The minimum Gasteiger partial charge on any atom is -0.475 e. The van der Waals surface area contributed by atoms with Crippen molar-refractivity contribution in [2.45, 2.75) is 25.8 Å². The lowest BCUT2D eigenvalue weighted by Gasteiger charge is -2.25. The van der Waals surface area contributed by atoms with Crippen molar-refractivity contribution in [1.82, 2.24) is 20.2 Å². The van der Waals surface area contributed by atoms with Crippen molar-refractivity contribution < 1.29 is 4.74 Å². The van der Waals surface area contributed by atoms with Gasteiger partial charge in [-0.1, -0.05) is 6.42 Å². The molecular weight excluding hydrogens is 228 g/mol. The highest BCUT2D eigenvalue weighted by atomic mass is 16.5. The van der Waals surface area contributed by atoms with Crippen molar-refractivity contribution >= 4 is 0 Å². The zero-order chi connectivity index (χ0) is 12.6. The van der Waals surface area contributed by atoms with Gasteiger partial charge in [0.15, 0.2) is 0 Å². The van der Waals surface area contributed by atoms with E-state index in [1.165, 1.54) is 32.4 Å². The summed E-state index contributed by atoms with van der Waals surface area (Å²) >= 11 is 0. The average Bonchev–Trinajstić information content (AvgIpc) is 2.41. The van der Waals surface area contributed by atoms with Crippen molar-refractivity contribution in [3.8, 4) is 5.88 Å². The topological polar surface area (TPSA) is 50.3 Å². The van der Waals surface area contributed by atoms with E-state index < -0.39 is 0 Å². The standard InChI is InChI=1S/C13H22N4O/c1-14-9-12-10-15-11-13(16-12)18-8-7-17-5-3-2-4-6-17/h10-11,14H,2-9H2,1H3. The van der Waals surface area contributed by atoms with Crippen LogP contribution in [0.25, 0.3) is 0 Å². The van der Waals surface area contributed by atoms with Crippen LogP contribution in [-0.4, -0.2) is 48.2 Å². The van der Waals surface area contributed by atoms with Gasteiger partial charge in [0.05, 0.1) is 11.9 Å². The molecule has 0 amide bonds. The lowest BCUT2D eigenvalue weighted by molar-refractivity contribution is 0.180. The Morgan fingerprint density at radius 3 is 2.89 bits per heavy atom. The molecule has 0 aliphatic carbocycles. The first kappa shape index (κ1) is 13.2. The third kappa shape index (κ3) is 4.23. The molecule has 18 heavy (non-hydrogen) atoms. The Balaban J connectivity index is 1.73. The molecule has 1 aliphatic heterocycles. The number of hydrogen-bond donors (Lipinski definition) is 1. The molecule has 100 valence electrons. The number of nitrogens with one attached hydrogen (secondary N) is 1. The number of aromatic nitrogens is 2. The molecule has 1 N–H and O–H groups in total. The molecule has 5 nitrogen and oxygen atoms in total. The second-order valence-corrected chi connectivity index (χ2v) is 4.63. The van der Waals surface area contributed by atoms with Gasteiger partial charge in [-0.2, -0.15) is 0 Å². The zero-order valence-electron chi connectivity index (χ0n) is 11.1. The van der Waals surface area contributed by atoms with Crippen LogP contribution in [0, 0.1) is 0 Å². The smallest absolute Gasteiger partial charge is 0.232 e. The number of rotatable bonds is 6. The van der Waals surface area contributed by atoms with Crippen molar-refractivity contribution in [2.75, 3.05) is 33.3 Å². The maximum Gasteiger partial charge on any atom is 0.232 e. The molecule has 1 fully saturated rings. The molecule has 0 radical (unpaired) electrons. The molecule has 5 heteroatoms. The fourth-order valence-corrected chi connectivity index (χ4v) is 2.18. The van der Waals surface area contributed by atoms with Crippen LogP contribution in [0.1, 0.15) is 25.0 Å². The van der Waals surface area contributed by atoms with Crippen molar-refractivity contribution in [1.29, 1.82) is 0 Å². The second kappa shape index (κ2) is 7.28. The van der Waals surface area contributed by atoms with Crippen LogP contribution in [-0.2, 0) is 6.54 Å². The first-order valence-electron chi connectivity index (χ1n) is 6.69. The molecule has 1 saturated heterocycles. The predicted octanol–water partition coefficient (Wildman–Crippen LogP) is 1.06. The lowest BCUT2D eigenvalue weighted by Crippen LogP contribution is -2.33. The molecule has 2 rings (SSSR count). The van der Waals surface area contributed by atoms with Gasteiger partial charge in [0.25, 0.3) is 0 Å². The summed E-state index contributed by atoms with van der Waals surface area (Å²) in [6, 6.07) is 0. The van der Waals surface area contributed by atoms with E-state index in [0.29, 0.717) is 12.5 Å².